The van der Waals surface area contributed by atoms with E-state index >= 15 is 0 Å². The quantitative estimate of drug-likeness (QED) is 0.503. The van der Waals surface area contributed by atoms with E-state index in [1.807, 2.05) is 36.4 Å². The van der Waals surface area contributed by atoms with Crippen LogP contribution in [-0.4, -0.2) is 9.97 Å². The maximum atomic E-state index is 13.0. The Morgan fingerprint density at radius 1 is 0.926 bits per heavy atom. The fraction of sp³-hybridized carbons (Fsp3) is 0.100. The van der Waals surface area contributed by atoms with E-state index in [-0.39, 0.29) is 17.2 Å². The normalized spacial score (nSPS) is 11.8. The summed E-state index contributed by atoms with van der Waals surface area (Å²) in [4.78, 5) is 10.4. The summed E-state index contributed by atoms with van der Waals surface area (Å²) in [6.45, 7) is 0. The Kier molecular flexibility index (Phi) is 4.31. The Morgan fingerprint density at radius 2 is 1.70 bits per heavy atom. The highest BCUT2D eigenvalue weighted by Gasteiger charge is 2.30. The molecule has 0 radical (unpaired) electrons. The molecule has 27 heavy (non-hydrogen) atoms. The van der Waals surface area contributed by atoms with Gasteiger partial charge in [0.25, 0.3) is 0 Å². The molecule has 0 unspecified atom stereocenters. The lowest BCUT2D eigenvalue weighted by atomic mass is 10.1. The molecule has 0 atom stereocenters. The van der Waals surface area contributed by atoms with E-state index in [4.69, 9.17) is 5.73 Å². The molecular weight excluding hydrogens is 371 g/mol. The van der Waals surface area contributed by atoms with E-state index in [1.54, 1.807) is 6.07 Å². The summed E-state index contributed by atoms with van der Waals surface area (Å²) in [7, 11) is 0. The van der Waals surface area contributed by atoms with Gasteiger partial charge >= 0.3 is 6.18 Å². The van der Waals surface area contributed by atoms with E-state index in [1.165, 1.54) is 17.4 Å². The van der Waals surface area contributed by atoms with Gasteiger partial charge in [0.15, 0.2) is 5.82 Å². The number of benzene rings is 2. The van der Waals surface area contributed by atoms with Crippen LogP contribution in [0.1, 0.15) is 16.0 Å². The third-order valence-electron chi connectivity index (χ3n) is 4.14. The van der Waals surface area contributed by atoms with Crippen LogP contribution in [0, 0.1) is 0 Å². The van der Waals surface area contributed by atoms with E-state index in [2.05, 4.69) is 9.97 Å². The van der Waals surface area contributed by atoms with Crippen molar-refractivity contribution in [1.29, 1.82) is 0 Å². The van der Waals surface area contributed by atoms with Gasteiger partial charge in [0.05, 0.1) is 10.9 Å². The minimum absolute atomic E-state index is 0.194. The summed E-state index contributed by atoms with van der Waals surface area (Å²) >= 11 is 1.47. The molecule has 0 aliphatic heterocycles. The fourth-order valence-electron chi connectivity index (χ4n) is 2.84. The molecule has 0 bridgehead atoms. The van der Waals surface area contributed by atoms with E-state index < -0.39 is 11.7 Å². The number of hydrogen-bond donors (Lipinski definition) is 1. The highest BCUT2D eigenvalue weighted by Crippen LogP contribution is 2.34. The van der Waals surface area contributed by atoms with Crippen LogP contribution in [0.5, 0.6) is 0 Å². The maximum Gasteiger partial charge on any atom is 0.416 e. The van der Waals surface area contributed by atoms with Crippen molar-refractivity contribution in [3.8, 4) is 11.4 Å². The average molecular weight is 385 g/mol. The standard InChI is InChI=1S/C20H14F3N3S/c21-20(22,23)14-8-4-7-13(10-14)18-25-17(24)16-11-15(27-19(16)26-18)9-12-5-2-1-3-6-12/h1-8,10-11H,9H2,(H2,24,25,26). The summed E-state index contributed by atoms with van der Waals surface area (Å²) < 4.78 is 38.9. The first-order valence-corrected chi connectivity index (χ1v) is 8.99. The van der Waals surface area contributed by atoms with Crippen LogP contribution < -0.4 is 5.73 Å². The molecule has 0 amide bonds. The van der Waals surface area contributed by atoms with Crippen LogP contribution in [0.2, 0.25) is 0 Å². The fourth-order valence-corrected chi connectivity index (χ4v) is 3.91. The number of halogens is 3. The number of nitrogens with two attached hydrogens (primary N) is 1. The predicted molar refractivity (Wildman–Crippen MR) is 102 cm³/mol. The van der Waals surface area contributed by atoms with E-state index in [0.29, 0.717) is 4.83 Å². The summed E-state index contributed by atoms with van der Waals surface area (Å²) in [5, 5.41) is 0.724. The van der Waals surface area contributed by atoms with Crippen molar-refractivity contribution in [1.82, 2.24) is 9.97 Å². The molecule has 0 aliphatic rings. The highest BCUT2D eigenvalue weighted by atomic mass is 32.1. The molecule has 0 spiro atoms. The minimum Gasteiger partial charge on any atom is -0.383 e. The van der Waals surface area contributed by atoms with Gasteiger partial charge in [-0.2, -0.15) is 13.2 Å². The van der Waals surface area contributed by atoms with Crippen molar-refractivity contribution < 1.29 is 13.2 Å². The van der Waals surface area contributed by atoms with Gasteiger partial charge in [-0.3, -0.25) is 0 Å². The molecule has 7 heteroatoms. The van der Waals surface area contributed by atoms with Gasteiger partial charge < -0.3 is 5.73 Å². The summed E-state index contributed by atoms with van der Waals surface area (Å²) in [6.07, 6.45) is -3.68. The lowest BCUT2D eigenvalue weighted by Crippen LogP contribution is -2.05. The average Bonchev–Trinajstić information content (AvgIpc) is 3.05. The Bertz CT molecular complexity index is 1100. The van der Waals surface area contributed by atoms with Crippen molar-refractivity contribution in [2.24, 2.45) is 0 Å². The van der Waals surface area contributed by atoms with Crippen molar-refractivity contribution in [2.45, 2.75) is 12.6 Å². The number of hydrogen-bond acceptors (Lipinski definition) is 4. The Balaban J connectivity index is 1.74. The second kappa shape index (κ2) is 6.66. The van der Waals surface area contributed by atoms with Gasteiger partial charge in [0.1, 0.15) is 10.6 Å². The zero-order valence-corrected chi connectivity index (χ0v) is 14.8. The zero-order valence-electron chi connectivity index (χ0n) is 14.0. The predicted octanol–water partition coefficient (Wildman–Crippen LogP) is 5.55. The molecule has 2 heterocycles. The topological polar surface area (TPSA) is 51.8 Å². The van der Waals surface area contributed by atoms with Crippen LogP contribution >= 0.6 is 11.3 Å². The Morgan fingerprint density at radius 3 is 2.44 bits per heavy atom. The van der Waals surface area contributed by atoms with Gasteiger partial charge in [-0.1, -0.05) is 42.5 Å². The van der Waals surface area contributed by atoms with Crippen molar-refractivity contribution in [2.75, 3.05) is 5.73 Å². The molecule has 4 aromatic rings. The van der Waals surface area contributed by atoms with Gasteiger partial charge in [0.2, 0.25) is 0 Å². The number of nitrogen functional groups attached to an aromatic ring is 1. The van der Waals surface area contributed by atoms with Gasteiger partial charge in [-0.15, -0.1) is 11.3 Å². The molecule has 4 rings (SSSR count). The molecule has 136 valence electrons. The lowest BCUT2D eigenvalue weighted by molar-refractivity contribution is -0.137. The van der Waals surface area contributed by atoms with Crippen LogP contribution in [0.15, 0.2) is 60.7 Å². The largest absolute Gasteiger partial charge is 0.416 e. The SMILES string of the molecule is Nc1nc(-c2cccc(C(F)(F)F)c2)nc2sc(Cc3ccccc3)cc12. The number of fused-ring (bicyclic) bond motifs is 1. The van der Waals surface area contributed by atoms with Crippen LogP contribution in [0.3, 0.4) is 0 Å². The first-order chi connectivity index (χ1) is 12.9. The highest BCUT2D eigenvalue weighted by molar-refractivity contribution is 7.18. The number of thiophene rings is 1. The molecule has 3 nitrogen and oxygen atoms in total. The van der Waals surface area contributed by atoms with Gasteiger partial charge in [-0.05, 0) is 23.8 Å². The Hall–Kier alpha value is -2.93. The number of alkyl halides is 3. The third kappa shape index (κ3) is 3.64. The van der Waals surface area contributed by atoms with Crippen molar-refractivity contribution in [3.05, 3.63) is 76.7 Å². The number of anilines is 1. The molecular formula is C20H14F3N3S. The smallest absolute Gasteiger partial charge is 0.383 e. The van der Waals surface area contributed by atoms with Gasteiger partial charge in [-0.25, -0.2) is 9.97 Å². The van der Waals surface area contributed by atoms with Crippen molar-refractivity contribution >= 4 is 27.4 Å². The second-order valence-corrected chi connectivity index (χ2v) is 7.22. The van der Waals surface area contributed by atoms with Crippen molar-refractivity contribution in [3.63, 3.8) is 0 Å². The zero-order chi connectivity index (χ0) is 19.0. The molecule has 2 N–H and O–H groups in total. The second-order valence-electron chi connectivity index (χ2n) is 6.10. The summed E-state index contributed by atoms with van der Waals surface area (Å²) in [6, 6.07) is 16.9. The lowest BCUT2D eigenvalue weighted by Gasteiger charge is -2.08. The number of aromatic nitrogens is 2. The molecule has 2 aromatic carbocycles. The first kappa shape index (κ1) is 17.5. The third-order valence-corrected chi connectivity index (χ3v) is 5.17. The molecule has 0 saturated heterocycles. The number of nitrogens with zero attached hydrogens (tertiary/aromatic N) is 2. The monoisotopic (exact) mass is 385 g/mol. The summed E-state index contributed by atoms with van der Waals surface area (Å²) in [5.41, 5.74) is 6.77. The first-order valence-electron chi connectivity index (χ1n) is 8.17. The number of rotatable bonds is 3. The van der Waals surface area contributed by atoms with Crippen LogP contribution in [0.4, 0.5) is 19.0 Å². The van der Waals surface area contributed by atoms with E-state index in [0.717, 1.165) is 34.4 Å². The van der Waals surface area contributed by atoms with Crippen LogP contribution in [0.25, 0.3) is 21.6 Å². The molecule has 0 aliphatic carbocycles. The maximum absolute atomic E-state index is 13.0. The minimum atomic E-state index is -4.42. The molecule has 0 fully saturated rings. The summed E-state index contributed by atoms with van der Waals surface area (Å²) in [5.74, 6) is 0.460. The van der Waals surface area contributed by atoms with E-state index in [9.17, 15) is 13.2 Å². The van der Waals surface area contributed by atoms with Gasteiger partial charge in [0, 0.05) is 16.9 Å². The molecule has 2 aromatic heterocycles. The Labute approximate surface area is 157 Å². The molecule has 0 saturated carbocycles. The van der Waals surface area contributed by atoms with Crippen LogP contribution in [-0.2, 0) is 12.6 Å².